The monoisotopic (exact) mass is 281 g/mol. The number of para-hydroxylation sites is 1. The van der Waals surface area contributed by atoms with Gasteiger partial charge < -0.3 is 10.1 Å². The highest BCUT2D eigenvalue weighted by Gasteiger charge is 2.19. The van der Waals surface area contributed by atoms with Crippen molar-refractivity contribution in [3.05, 3.63) is 30.3 Å². The molecular formula is C15H20ClNO2. The van der Waals surface area contributed by atoms with Gasteiger partial charge in [-0.15, -0.1) is 11.6 Å². The fourth-order valence-electron chi connectivity index (χ4n) is 2.30. The van der Waals surface area contributed by atoms with Crippen LogP contribution in [0.4, 0.5) is 0 Å². The van der Waals surface area contributed by atoms with Crippen molar-refractivity contribution in [3.63, 3.8) is 0 Å². The van der Waals surface area contributed by atoms with Crippen LogP contribution in [0.15, 0.2) is 30.3 Å². The van der Waals surface area contributed by atoms with Gasteiger partial charge in [0.1, 0.15) is 5.75 Å². The van der Waals surface area contributed by atoms with Gasteiger partial charge in [0.15, 0.2) is 6.61 Å². The molecule has 3 nitrogen and oxygen atoms in total. The van der Waals surface area contributed by atoms with Gasteiger partial charge in [0.25, 0.3) is 5.91 Å². The van der Waals surface area contributed by atoms with E-state index in [1.165, 1.54) is 0 Å². The number of alkyl halides is 1. The molecule has 0 atom stereocenters. The van der Waals surface area contributed by atoms with Crippen LogP contribution in [0.5, 0.6) is 5.75 Å². The van der Waals surface area contributed by atoms with Crippen molar-refractivity contribution in [3.8, 4) is 5.75 Å². The molecule has 1 aromatic rings. The maximum absolute atomic E-state index is 11.7. The first-order valence-corrected chi connectivity index (χ1v) is 7.26. The summed E-state index contributed by atoms with van der Waals surface area (Å²) in [6.45, 7) is 0.815. The Balaban J connectivity index is 1.62. The van der Waals surface area contributed by atoms with Gasteiger partial charge in [-0.1, -0.05) is 18.2 Å². The zero-order valence-corrected chi connectivity index (χ0v) is 11.7. The molecule has 0 aliphatic heterocycles. The smallest absolute Gasteiger partial charge is 0.257 e. The quantitative estimate of drug-likeness (QED) is 0.843. The highest BCUT2D eigenvalue weighted by Crippen LogP contribution is 2.26. The highest BCUT2D eigenvalue weighted by atomic mass is 35.5. The summed E-state index contributed by atoms with van der Waals surface area (Å²) < 4.78 is 5.39. The lowest BCUT2D eigenvalue weighted by Gasteiger charge is -2.25. The van der Waals surface area contributed by atoms with Gasteiger partial charge in [-0.2, -0.15) is 0 Å². The predicted molar refractivity (Wildman–Crippen MR) is 76.5 cm³/mol. The maximum Gasteiger partial charge on any atom is 0.257 e. The first-order chi connectivity index (χ1) is 9.24. The minimum absolute atomic E-state index is 0.0585. The predicted octanol–water partition coefficient (Wildman–Crippen LogP) is 2.98. The van der Waals surface area contributed by atoms with E-state index in [4.69, 9.17) is 16.3 Å². The SMILES string of the molecule is O=C(COc1ccccc1)NCC1CCC(Cl)CC1. The van der Waals surface area contributed by atoms with Gasteiger partial charge >= 0.3 is 0 Å². The summed E-state index contributed by atoms with van der Waals surface area (Å²) in [5.74, 6) is 1.23. The Morgan fingerprint density at radius 3 is 2.58 bits per heavy atom. The Hall–Kier alpha value is -1.22. The lowest BCUT2D eigenvalue weighted by Crippen LogP contribution is -2.34. The summed E-state index contributed by atoms with van der Waals surface area (Å²) in [5, 5.41) is 3.26. The van der Waals surface area contributed by atoms with Crippen molar-refractivity contribution in [2.24, 2.45) is 5.92 Å². The van der Waals surface area contributed by atoms with Crippen molar-refractivity contribution in [1.29, 1.82) is 0 Å². The molecule has 0 saturated heterocycles. The summed E-state index contributed by atoms with van der Waals surface area (Å²) in [5.41, 5.74) is 0. The standard InChI is InChI=1S/C15H20ClNO2/c16-13-8-6-12(7-9-13)10-17-15(18)11-19-14-4-2-1-3-5-14/h1-5,12-13H,6-11H2,(H,17,18). The normalized spacial score (nSPS) is 22.8. The summed E-state index contributed by atoms with van der Waals surface area (Å²) in [4.78, 5) is 11.7. The average molecular weight is 282 g/mol. The minimum Gasteiger partial charge on any atom is -0.484 e. The van der Waals surface area contributed by atoms with E-state index in [0.29, 0.717) is 11.3 Å². The molecule has 4 heteroatoms. The van der Waals surface area contributed by atoms with Gasteiger partial charge in [-0.25, -0.2) is 0 Å². The molecule has 1 saturated carbocycles. The number of hydrogen-bond donors (Lipinski definition) is 1. The second kappa shape index (κ2) is 7.39. The van der Waals surface area contributed by atoms with Crippen LogP contribution < -0.4 is 10.1 Å². The van der Waals surface area contributed by atoms with Crippen molar-refractivity contribution in [2.75, 3.05) is 13.2 Å². The van der Waals surface area contributed by atoms with Crippen molar-refractivity contribution in [2.45, 2.75) is 31.1 Å². The van der Waals surface area contributed by atoms with E-state index >= 15 is 0 Å². The number of nitrogens with one attached hydrogen (secondary N) is 1. The molecule has 0 radical (unpaired) electrons. The largest absolute Gasteiger partial charge is 0.484 e. The molecule has 1 amide bonds. The zero-order valence-electron chi connectivity index (χ0n) is 11.0. The van der Waals surface area contributed by atoms with Crippen LogP contribution in [0.3, 0.4) is 0 Å². The molecule has 0 heterocycles. The molecule has 1 aliphatic rings. The topological polar surface area (TPSA) is 38.3 Å². The third-order valence-electron chi connectivity index (χ3n) is 3.48. The number of amides is 1. The minimum atomic E-state index is -0.0585. The summed E-state index contributed by atoms with van der Waals surface area (Å²) in [6.07, 6.45) is 4.33. The Bertz CT molecular complexity index is 388. The number of halogens is 1. The van der Waals surface area contributed by atoms with Gasteiger partial charge in [0.2, 0.25) is 0 Å². The number of carbonyl (C=O) groups excluding carboxylic acids is 1. The first-order valence-electron chi connectivity index (χ1n) is 6.82. The van der Waals surface area contributed by atoms with Crippen LogP contribution in [-0.2, 0) is 4.79 Å². The molecule has 0 aromatic heterocycles. The second-order valence-corrected chi connectivity index (χ2v) is 5.64. The van der Waals surface area contributed by atoms with Gasteiger partial charge in [0.05, 0.1) is 0 Å². The van der Waals surface area contributed by atoms with Crippen molar-refractivity contribution in [1.82, 2.24) is 5.32 Å². The Labute approximate surface area is 119 Å². The molecular weight excluding hydrogens is 262 g/mol. The number of ether oxygens (including phenoxy) is 1. The van der Waals surface area contributed by atoms with E-state index in [1.807, 2.05) is 30.3 Å². The van der Waals surface area contributed by atoms with E-state index in [-0.39, 0.29) is 12.5 Å². The second-order valence-electron chi connectivity index (χ2n) is 5.02. The van der Waals surface area contributed by atoms with Crippen LogP contribution in [0.25, 0.3) is 0 Å². The van der Waals surface area contributed by atoms with E-state index in [9.17, 15) is 4.79 Å². The van der Waals surface area contributed by atoms with Gasteiger partial charge in [-0.3, -0.25) is 4.79 Å². The van der Waals surface area contributed by atoms with Crippen LogP contribution >= 0.6 is 11.6 Å². The molecule has 1 N–H and O–H groups in total. The molecule has 104 valence electrons. The number of hydrogen-bond acceptors (Lipinski definition) is 2. The fourth-order valence-corrected chi connectivity index (χ4v) is 2.55. The summed E-state index contributed by atoms with van der Waals surface area (Å²) in [6, 6.07) is 9.37. The third-order valence-corrected chi connectivity index (χ3v) is 3.91. The Kier molecular flexibility index (Phi) is 5.52. The molecule has 0 unspecified atom stereocenters. The highest BCUT2D eigenvalue weighted by molar-refractivity contribution is 6.20. The lowest BCUT2D eigenvalue weighted by atomic mass is 9.89. The third kappa shape index (κ3) is 5.11. The lowest BCUT2D eigenvalue weighted by molar-refractivity contribution is -0.123. The van der Waals surface area contributed by atoms with E-state index in [1.54, 1.807) is 0 Å². The Morgan fingerprint density at radius 1 is 1.21 bits per heavy atom. The van der Waals surface area contributed by atoms with Gasteiger partial charge in [-0.05, 0) is 43.7 Å². The van der Waals surface area contributed by atoms with E-state index < -0.39 is 0 Å². The van der Waals surface area contributed by atoms with Crippen LogP contribution in [-0.4, -0.2) is 24.4 Å². The first kappa shape index (κ1) is 14.2. The number of carbonyl (C=O) groups is 1. The van der Waals surface area contributed by atoms with E-state index in [2.05, 4.69) is 5.32 Å². The summed E-state index contributed by atoms with van der Waals surface area (Å²) in [7, 11) is 0. The van der Waals surface area contributed by atoms with Crippen LogP contribution in [0.2, 0.25) is 0 Å². The number of rotatable bonds is 5. The Morgan fingerprint density at radius 2 is 1.89 bits per heavy atom. The molecule has 0 bridgehead atoms. The summed E-state index contributed by atoms with van der Waals surface area (Å²) >= 11 is 6.05. The molecule has 1 aromatic carbocycles. The van der Waals surface area contributed by atoms with Gasteiger partial charge in [0, 0.05) is 11.9 Å². The molecule has 1 fully saturated rings. The average Bonchev–Trinajstić information content (AvgIpc) is 2.45. The zero-order chi connectivity index (χ0) is 13.5. The van der Waals surface area contributed by atoms with E-state index in [0.717, 1.165) is 38.0 Å². The van der Waals surface area contributed by atoms with Crippen LogP contribution in [0, 0.1) is 5.92 Å². The van der Waals surface area contributed by atoms with Crippen LogP contribution in [0.1, 0.15) is 25.7 Å². The molecule has 0 spiro atoms. The molecule has 1 aliphatic carbocycles. The van der Waals surface area contributed by atoms with Crippen molar-refractivity contribution >= 4 is 17.5 Å². The molecule has 19 heavy (non-hydrogen) atoms. The number of benzene rings is 1. The molecule has 2 rings (SSSR count). The fraction of sp³-hybridized carbons (Fsp3) is 0.533. The van der Waals surface area contributed by atoms with Crippen molar-refractivity contribution < 1.29 is 9.53 Å². The maximum atomic E-state index is 11.7.